The number of benzene rings is 2. The molecule has 1 aliphatic rings. The topological polar surface area (TPSA) is 49.4 Å². The second-order valence-corrected chi connectivity index (χ2v) is 6.44. The van der Waals surface area contributed by atoms with Crippen LogP contribution in [-0.4, -0.2) is 23.3 Å². The van der Waals surface area contributed by atoms with Crippen LogP contribution in [0.3, 0.4) is 0 Å². The number of hydrogen-bond acceptors (Lipinski definition) is 2. The lowest BCUT2D eigenvalue weighted by Crippen LogP contribution is -2.23. The highest BCUT2D eigenvalue weighted by Crippen LogP contribution is 2.21. The Hall–Kier alpha value is -2.33. The van der Waals surface area contributed by atoms with Crippen molar-refractivity contribution in [2.75, 3.05) is 11.9 Å². The fourth-order valence-electron chi connectivity index (χ4n) is 2.73. The van der Waals surface area contributed by atoms with Gasteiger partial charge in [0.2, 0.25) is 5.91 Å². The quantitative estimate of drug-likeness (QED) is 0.912. The third kappa shape index (κ3) is 3.77. The molecule has 5 heteroatoms. The molecule has 3 rings (SSSR count). The van der Waals surface area contributed by atoms with Crippen molar-refractivity contribution in [2.24, 2.45) is 0 Å². The summed E-state index contributed by atoms with van der Waals surface area (Å²) in [5, 5.41) is 3.46. The van der Waals surface area contributed by atoms with E-state index in [0.717, 1.165) is 24.1 Å². The lowest BCUT2D eigenvalue weighted by Gasteiger charge is -2.15. The second-order valence-electron chi connectivity index (χ2n) is 6.03. The molecule has 0 unspecified atom stereocenters. The zero-order valence-corrected chi connectivity index (χ0v) is 14.3. The van der Waals surface area contributed by atoms with Gasteiger partial charge in [-0.25, -0.2) is 0 Å². The van der Waals surface area contributed by atoms with Crippen molar-refractivity contribution in [1.29, 1.82) is 0 Å². The molecule has 2 aromatic carbocycles. The summed E-state index contributed by atoms with van der Waals surface area (Å²) in [5.41, 5.74) is 3.24. The van der Waals surface area contributed by atoms with Gasteiger partial charge in [-0.05, 0) is 48.7 Å². The van der Waals surface area contributed by atoms with E-state index >= 15 is 0 Å². The van der Waals surface area contributed by atoms with E-state index in [-0.39, 0.29) is 11.8 Å². The normalized spacial score (nSPS) is 14.1. The molecular formula is C19H19ClN2O2. The van der Waals surface area contributed by atoms with Crippen LogP contribution >= 0.6 is 11.6 Å². The van der Waals surface area contributed by atoms with E-state index < -0.39 is 0 Å². The van der Waals surface area contributed by atoms with Crippen LogP contribution < -0.4 is 5.32 Å². The highest BCUT2D eigenvalue weighted by Gasteiger charge is 2.20. The number of nitrogens with zero attached hydrogens (tertiary/aromatic N) is 1. The highest BCUT2D eigenvalue weighted by molar-refractivity contribution is 6.31. The molecule has 24 heavy (non-hydrogen) atoms. The third-order valence-corrected chi connectivity index (χ3v) is 4.60. The minimum Gasteiger partial charge on any atom is -0.338 e. The standard InChI is InChI=1S/C19H19ClN2O2/c1-13-4-9-16(11-17(13)20)21-19(24)15-7-5-14(6-8-15)12-22-10-2-3-18(22)23/h4-9,11H,2-3,10,12H2,1H3,(H,21,24). The number of carbonyl (C=O) groups excluding carboxylic acids is 2. The van der Waals surface area contributed by atoms with Crippen LogP contribution in [0.5, 0.6) is 0 Å². The van der Waals surface area contributed by atoms with Crippen molar-refractivity contribution >= 4 is 29.1 Å². The summed E-state index contributed by atoms with van der Waals surface area (Å²) < 4.78 is 0. The number of likely N-dealkylation sites (tertiary alicyclic amines) is 1. The average molecular weight is 343 g/mol. The molecule has 0 aliphatic carbocycles. The van der Waals surface area contributed by atoms with Crippen molar-refractivity contribution in [3.63, 3.8) is 0 Å². The van der Waals surface area contributed by atoms with Crippen molar-refractivity contribution < 1.29 is 9.59 Å². The first-order valence-electron chi connectivity index (χ1n) is 7.97. The van der Waals surface area contributed by atoms with Crippen molar-refractivity contribution in [2.45, 2.75) is 26.3 Å². The number of nitrogens with one attached hydrogen (secondary N) is 1. The Morgan fingerprint density at radius 2 is 1.96 bits per heavy atom. The van der Waals surface area contributed by atoms with Gasteiger partial charge >= 0.3 is 0 Å². The number of hydrogen-bond donors (Lipinski definition) is 1. The van der Waals surface area contributed by atoms with Crippen LogP contribution in [0.2, 0.25) is 5.02 Å². The first kappa shape index (κ1) is 16.5. The Bertz CT molecular complexity index is 771. The smallest absolute Gasteiger partial charge is 0.255 e. The van der Waals surface area contributed by atoms with E-state index in [2.05, 4.69) is 5.32 Å². The van der Waals surface area contributed by atoms with Gasteiger partial charge in [-0.2, -0.15) is 0 Å². The minimum absolute atomic E-state index is 0.182. The molecule has 2 aromatic rings. The van der Waals surface area contributed by atoms with Gasteiger partial charge in [-0.1, -0.05) is 29.8 Å². The second kappa shape index (κ2) is 7.05. The predicted molar refractivity (Wildman–Crippen MR) is 95.2 cm³/mol. The average Bonchev–Trinajstić information content (AvgIpc) is 2.97. The van der Waals surface area contributed by atoms with E-state index in [9.17, 15) is 9.59 Å². The number of halogens is 1. The lowest BCUT2D eigenvalue weighted by molar-refractivity contribution is -0.128. The number of carbonyl (C=O) groups is 2. The Kier molecular flexibility index (Phi) is 4.86. The Balaban J connectivity index is 1.65. The molecular weight excluding hydrogens is 324 g/mol. The lowest BCUT2D eigenvalue weighted by atomic mass is 10.1. The van der Waals surface area contributed by atoms with Crippen LogP contribution in [0.25, 0.3) is 0 Å². The molecule has 0 bridgehead atoms. The summed E-state index contributed by atoms with van der Waals surface area (Å²) in [6.07, 6.45) is 1.57. The molecule has 0 aromatic heterocycles. The molecule has 2 amide bonds. The van der Waals surface area contributed by atoms with E-state index in [1.807, 2.05) is 36.1 Å². The predicted octanol–water partition coefficient (Wildman–Crippen LogP) is 4.02. The molecule has 1 fully saturated rings. The Morgan fingerprint density at radius 3 is 2.58 bits per heavy atom. The zero-order valence-electron chi connectivity index (χ0n) is 13.5. The molecule has 0 atom stereocenters. The molecule has 1 aliphatic heterocycles. The summed E-state index contributed by atoms with van der Waals surface area (Å²) in [5.74, 6) is 0.0202. The summed E-state index contributed by atoms with van der Waals surface area (Å²) >= 11 is 6.07. The maximum absolute atomic E-state index is 12.3. The fourth-order valence-corrected chi connectivity index (χ4v) is 2.91. The van der Waals surface area contributed by atoms with Gasteiger partial charge in [0.15, 0.2) is 0 Å². The van der Waals surface area contributed by atoms with E-state index in [1.54, 1.807) is 18.2 Å². The van der Waals surface area contributed by atoms with Crippen molar-refractivity contribution in [3.8, 4) is 0 Å². The van der Waals surface area contributed by atoms with Gasteiger partial charge < -0.3 is 10.2 Å². The number of aryl methyl sites for hydroxylation is 1. The monoisotopic (exact) mass is 342 g/mol. The first-order valence-corrected chi connectivity index (χ1v) is 8.35. The molecule has 0 radical (unpaired) electrons. The van der Waals surface area contributed by atoms with Gasteiger partial charge in [-0.15, -0.1) is 0 Å². The van der Waals surface area contributed by atoms with Gasteiger partial charge in [0.1, 0.15) is 0 Å². The van der Waals surface area contributed by atoms with Crippen molar-refractivity contribution in [1.82, 2.24) is 4.90 Å². The van der Waals surface area contributed by atoms with Gasteiger partial charge in [0.25, 0.3) is 5.91 Å². The Labute approximate surface area is 146 Å². The van der Waals surface area contributed by atoms with Gasteiger partial charge in [0.05, 0.1) is 0 Å². The van der Waals surface area contributed by atoms with Crippen LogP contribution in [0.15, 0.2) is 42.5 Å². The number of anilines is 1. The fraction of sp³-hybridized carbons (Fsp3) is 0.263. The summed E-state index contributed by atoms with van der Waals surface area (Å²) in [6, 6.07) is 12.8. The molecule has 4 nitrogen and oxygen atoms in total. The van der Waals surface area contributed by atoms with Crippen LogP contribution in [0.1, 0.15) is 34.3 Å². The molecule has 1 N–H and O–H groups in total. The SMILES string of the molecule is Cc1ccc(NC(=O)c2ccc(CN3CCCC3=O)cc2)cc1Cl. The third-order valence-electron chi connectivity index (χ3n) is 4.19. The largest absolute Gasteiger partial charge is 0.338 e. The minimum atomic E-state index is -0.182. The summed E-state index contributed by atoms with van der Waals surface area (Å²) in [4.78, 5) is 25.8. The maximum atomic E-state index is 12.3. The van der Waals surface area contributed by atoms with Crippen LogP contribution in [-0.2, 0) is 11.3 Å². The highest BCUT2D eigenvalue weighted by atomic mass is 35.5. The van der Waals surface area contributed by atoms with Gasteiger partial charge in [-0.3, -0.25) is 9.59 Å². The number of amides is 2. The summed E-state index contributed by atoms with van der Waals surface area (Å²) in [7, 11) is 0. The van der Waals surface area contributed by atoms with Crippen LogP contribution in [0, 0.1) is 6.92 Å². The van der Waals surface area contributed by atoms with Crippen LogP contribution in [0.4, 0.5) is 5.69 Å². The first-order chi connectivity index (χ1) is 11.5. The summed E-state index contributed by atoms with van der Waals surface area (Å²) in [6.45, 7) is 3.33. The number of rotatable bonds is 4. The Morgan fingerprint density at radius 1 is 1.21 bits per heavy atom. The molecule has 1 saturated heterocycles. The molecule has 0 saturated carbocycles. The van der Waals surface area contributed by atoms with Gasteiger partial charge in [0, 0.05) is 35.8 Å². The van der Waals surface area contributed by atoms with E-state index in [1.165, 1.54) is 0 Å². The zero-order chi connectivity index (χ0) is 17.1. The van der Waals surface area contributed by atoms with Crippen molar-refractivity contribution in [3.05, 3.63) is 64.2 Å². The van der Waals surface area contributed by atoms with E-state index in [0.29, 0.717) is 29.2 Å². The molecule has 0 spiro atoms. The molecule has 1 heterocycles. The van der Waals surface area contributed by atoms with E-state index in [4.69, 9.17) is 11.6 Å². The molecule has 124 valence electrons. The maximum Gasteiger partial charge on any atom is 0.255 e.